The molecule has 13 nitrogen and oxygen atoms in total. The van der Waals surface area contributed by atoms with E-state index in [1.807, 2.05) is 58.9 Å². The molecule has 298 valence electrons. The Bertz CT molecular complexity index is 1630. The van der Waals surface area contributed by atoms with Crippen molar-refractivity contribution in [2.45, 2.75) is 117 Å². The molecular formula is C41H63N7O6. The number of likely N-dealkylation sites (N-methyl/N-ethyl adjacent to an activating group) is 2. The van der Waals surface area contributed by atoms with Crippen molar-refractivity contribution in [1.29, 1.82) is 0 Å². The maximum absolute atomic E-state index is 14.2. The fourth-order valence-corrected chi connectivity index (χ4v) is 8.34. The number of methoxy groups -OCH3 is 1. The molecule has 2 aromatic rings. The zero-order valence-corrected chi connectivity index (χ0v) is 33.9. The van der Waals surface area contributed by atoms with Gasteiger partial charge in [0.15, 0.2) is 0 Å². The Morgan fingerprint density at radius 1 is 1.06 bits per heavy atom. The molecule has 1 aromatic heterocycles. The fraction of sp³-hybridized carbons (Fsp3) is 0.659. The highest BCUT2D eigenvalue weighted by Gasteiger charge is 2.46. The molecular weight excluding hydrogens is 686 g/mol. The number of amides is 3. The van der Waals surface area contributed by atoms with Crippen LogP contribution in [0.2, 0.25) is 0 Å². The molecule has 1 unspecified atom stereocenters. The summed E-state index contributed by atoms with van der Waals surface area (Å²) in [6, 6.07) is 8.22. The standard InChI is InChI=1S/C41H63N7O6/c1-11-26(6)36(47(9)41(51)35(25(4)5)45-39(50)34(42-8)24(2)3)33-23-32(40(46-52)54-33)48-22-14-18-31(48)37(53-10)27(7)38(49)44-21-19-28-15-12-17-30-29(28)16-13-20-43-30/h12-13,15-17,20,24-27,31,33-37,42H,11,14,18-19,21-23H2,1-10H3,(H,44,49)(H,45,50)/t26-,27+,31-,33+,34-,35-,36?,37+/m0/s1. The van der Waals surface area contributed by atoms with Crippen LogP contribution in [0, 0.1) is 28.6 Å². The topological polar surface area (TPSA) is 155 Å². The monoisotopic (exact) mass is 749 g/mol. The van der Waals surface area contributed by atoms with Gasteiger partial charge in [-0.3, -0.25) is 19.4 Å². The summed E-state index contributed by atoms with van der Waals surface area (Å²) in [5, 5.41) is 13.6. The van der Waals surface area contributed by atoms with E-state index in [9.17, 15) is 19.3 Å². The number of nitrogens with one attached hydrogen (secondary N) is 3. The van der Waals surface area contributed by atoms with Crippen molar-refractivity contribution in [2.75, 3.05) is 34.3 Å². The highest BCUT2D eigenvalue weighted by atomic mass is 16.5. The summed E-state index contributed by atoms with van der Waals surface area (Å²) >= 11 is 0. The Morgan fingerprint density at radius 3 is 2.41 bits per heavy atom. The Hall–Kier alpha value is -4.10. The summed E-state index contributed by atoms with van der Waals surface area (Å²) in [7, 11) is 5.12. The van der Waals surface area contributed by atoms with E-state index in [1.165, 1.54) is 0 Å². The lowest BCUT2D eigenvalue weighted by molar-refractivity contribution is -0.142. The van der Waals surface area contributed by atoms with Crippen molar-refractivity contribution in [3.05, 3.63) is 58.6 Å². The number of aromatic nitrogens is 1. The van der Waals surface area contributed by atoms with Crippen LogP contribution in [0.25, 0.3) is 10.9 Å². The van der Waals surface area contributed by atoms with E-state index < -0.39 is 36.3 Å². The van der Waals surface area contributed by atoms with Crippen molar-refractivity contribution in [3.63, 3.8) is 0 Å². The molecule has 2 aliphatic rings. The van der Waals surface area contributed by atoms with Gasteiger partial charge in [0.2, 0.25) is 17.7 Å². The van der Waals surface area contributed by atoms with Crippen molar-refractivity contribution >= 4 is 28.6 Å². The molecule has 1 fully saturated rings. The number of hydrogen-bond acceptors (Lipinski definition) is 10. The zero-order chi connectivity index (χ0) is 39.7. The van der Waals surface area contributed by atoms with Crippen LogP contribution in [0.4, 0.5) is 0 Å². The largest absolute Gasteiger partial charge is 0.468 e. The first kappa shape index (κ1) is 42.6. The third-order valence-electron chi connectivity index (χ3n) is 11.5. The van der Waals surface area contributed by atoms with E-state index in [2.05, 4.69) is 50.9 Å². The second kappa shape index (κ2) is 19.5. The van der Waals surface area contributed by atoms with Gasteiger partial charge in [0.1, 0.15) is 12.1 Å². The summed E-state index contributed by atoms with van der Waals surface area (Å²) in [6.45, 7) is 14.9. The predicted molar refractivity (Wildman–Crippen MR) is 211 cm³/mol. The zero-order valence-electron chi connectivity index (χ0n) is 33.9. The molecule has 0 aliphatic carbocycles. The van der Waals surface area contributed by atoms with Gasteiger partial charge < -0.3 is 35.2 Å². The third-order valence-corrected chi connectivity index (χ3v) is 11.5. The first-order valence-electron chi connectivity index (χ1n) is 19.7. The number of ether oxygens (including phenoxy) is 2. The Balaban J connectivity index is 1.48. The van der Waals surface area contributed by atoms with Gasteiger partial charge in [-0.15, -0.1) is 4.91 Å². The normalized spacial score (nSPS) is 20.7. The number of fused-ring (bicyclic) bond motifs is 1. The number of benzene rings is 1. The summed E-state index contributed by atoms with van der Waals surface area (Å²) < 4.78 is 12.4. The van der Waals surface area contributed by atoms with Crippen LogP contribution in [-0.2, 0) is 30.3 Å². The quantitative estimate of drug-likeness (QED) is 0.169. The molecule has 0 bridgehead atoms. The number of hydrogen-bond donors (Lipinski definition) is 3. The predicted octanol–water partition coefficient (Wildman–Crippen LogP) is 4.99. The van der Waals surface area contributed by atoms with Gasteiger partial charge >= 0.3 is 0 Å². The van der Waals surface area contributed by atoms with Gasteiger partial charge in [0.05, 0.1) is 41.4 Å². The van der Waals surface area contributed by atoms with E-state index in [1.54, 1.807) is 32.3 Å². The molecule has 4 rings (SSSR count). The minimum absolute atomic E-state index is 0.00962. The number of carbonyl (C=O) groups excluding carboxylic acids is 3. The summed E-state index contributed by atoms with van der Waals surface area (Å²) in [5.41, 5.74) is 2.72. The molecule has 3 amide bonds. The van der Waals surface area contributed by atoms with Crippen molar-refractivity contribution in [2.24, 2.45) is 28.8 Å². The van der Waals surface area contributed by atoms with Gasteiger partial charge in [-0.2, -0.15) is 0 Å². The summed E-state index contributed by atoms with van der Waals surface area (Å²) in [5.74, 6) is -1.11. The van der Waals surface area contributed by atoms with E-state index in [4.69, 9.17) is 9.47 Å². The molecule has 0 spiro atoms. The number of nitrogens with zero attached hydrogens (tertiary/aromatic N) is 4. The fourth-order valence-electron chi connectivity index (χ4n) is 8.34. The van der Waals surface area contributed by atoms with E-state index >= 15 is 0 Å². The van der Waals surface area contributed by atoms with E-state index in [-0.39, 0.29) is 47.4 Å². The van der Waals surface area contributed by atoms with Crippen LogP contribution in [-0.4, -0.2) is 103 Å². The van der Waals surface area contributed by atoms with Crippen LogP contribution in [0.3, 0.4) is 0 Å². The molecule has 54 heavy (non-hydrogen) atoms. The minimum Gasteiger partial charge on any atom is -0.468 e. The Kier molecular flexibility index (Phi) is 15.4. The smallest absolute Gasteiger partial charge is 0.275 e. The summed E-state index contributed by atoms with van der Waals surface area (Å²) in [6.07, 6.45) is 4.21. The Labute approximate surface area is 321 Å². The number of carbonyl (C=O) groups is 3. The molecule has 8 atom stereocenters. The van der Waals surface area contributed by atoms with Crippen LogP contribution < -0.4 is 16.0 Å². The lowest BCUT2D eigenvalue weighted by Gasteiger charge is -2.39. The van der Waals surface area contributed by atoms with Crippen molar-refractivity contribution in [1.82, 2.24) is 30.7 Å². The number of likely N-dealkylation sites (tertiary alicyclic amines) is 1. The molecule has 1 saturated heterocycles. The average Bonchev–Trinajstić information content (AvgIpc) is 3.81. The van der Waals surface area contributed by atoms with E-state index in [0.29, 0.717) is 31.6 Å². The third kappa shape index (κ3) is 9.57. The lowest BCUT2D eigenvalue weighted by atomic mass is 9.89. The SMILES string of the molecule is CC[C@H](C)C([C@H]1CC(N2CCC[C@H]2[C@H](OC)[C@@H](C)C(=O)NCCc2cccc3ncccc23)=C(N=O)O1)N(C)C(=O)[C@@H](NC(=O)[C@@H](NC)C(C)C)C(C)C. The van der Waals surface area contributed by atoms with Gasteiger partial charge in [0.25, 0.3) is 5.88 Å². The highest BCUT2D eigenvalue weighted by Crippen LogP contribution is 2.39. The average molecular weight is 750 g/mol. The van der Waals surface area contributed by atoms with Crippen LogP contribution in [0.5, 0.6) is 0 Å². The first-order valence-corrected chi connectivity index (χ1v) is 19.7. The molecule has 0 radical (unpaired) electrons. The molecule has 3 N–H and O–H groups in total. The molecule has 0 saturated carbocycles. The first-order chi connectivity index (χ1) is 25.8. The van der Waals surface area contributed by atoms with Gasteiger partial charge in [-0.25, -0.2) is 0 Å². The molecule has 1 aromatic carbocycles. The van der Waals surface area contributed by atoms with Gasteiger partial charge in [-0.1, -0.05) is 73.1 Å². The maximum atomic E-state index is 14.2. The van der Waals surface area contributed by atoms with Crippen LogP contribution >= 0.6 is 0 Å². The molecule has 3 heterocycles. The summed E-state index contributed by atoms with van der Waals surface area (Å²) in [4.78, 5) is 61.6. The van der Waals surface area contributed by atoms with Gasteiger partial charge in [0, 0.05) is 50.4 Å². The molecule has 2 aliphatic heterocycles. The van der Waals surface area contributed by atoms with Crippen LogP contribution in [0.15, 0.2) is 53.3 Å². The Morgan fingerprint density at radius 2 is 1.78 bits per heavy atom. The maximum Gasteiger partial charge on any atom is 0.275 e. The van der Waals surface area contributed by atoms with Crippen molar-refractivity contribution < 1.29 is 23.9 Å². The number of pyridine rings is 1. The minimum atomic E-state index is -0.747. The molecule has 13 heteroatoms. The number of rotatable bonds is 19. The van der Waals surface area contributed by atoms with Crippen molar-refractivity contribution in [3.8, 4) is 0 Å². The van der Waals surface area contributed by atoms with Crippen LogP contribution in [0.1, 0.15) is 79.7 Å². The van der Waals surface area contributed by atoms with E-state index in [0.717, 1.165) is 35.7 Å². The number of nitroso groups, excluding NO2 is 1. The lowest BCUT2D eigenvalue weighted by Crippen LogP contribution is -2.59. The second-order valence-corrected chi connectivity index (χ2v) is 15.7. The van der Waals surface area contributed by atoms with Gasteiger partial charge in [-0.05, 0) is 61.8 Å². The second-order valence-electron chi connectivity index (χ2n) is 15.7. The highest BCUT2D eigenvalue weighted by molar-refractivity contribution is 5.90.